The Morgan fingerprint density at radius 3 is 3.07 bits per heavy atom. The second-order valence-corrected chi connectivity index (χ2v) is 2.79. The number of aryl methyl sites for hydroxylation is 1. The summed E-state index contributed by atoms with van der Waals surface area (Å²) in [5.41, 5.74) is 1.83. The van der Waals surface area contributed by atoms with Crippen molar-refractivity contribution in [3.8, 4) is 0 Å². The Kier molecular flexibility index (Phi) is 3.85. The molecule has 0 aliphatic carbocycles. The van der Waals surface area contributed by atoms with Gasteiger partial charge in [0.25, 0.3) is 0 Å². The fourth-order valence-electron chi connectivity index (χ4n) is 1.01. The van der Waals surface area contributed by atoms with Crippen LogP contribution >= 0.6 is 0 Å². The number of nitrogens with zero attached hydrogens (tertiary/aromatic N) is 1. The van der Waals surface area contributed by atoms with E-state index in [1.165, 1.54) is 6.08 Å². The zero-order valence-corrected chi connectivity index (χ0v) is 8.36. The first-order valence-corrected chi connectivity index (χ1v) is 4.50. The molecule has 0 fully saturated rings. The van der Waals surface area contributed by atoms with Crippen LogP contribution in [0.2, 0.25) is 0 Å². The van der Waals surface area contributed by atoms with E-state index < -0.39 is 0 Å². The van der Waals surface area contributed by atoms with Crippen LogP contribution in [0.15, 0.2) is 24.4 Å². The van der Waals surface area contributed by atoms with Gasteiger partial charge < -0.3 is 4.74 Å². The Morgan fingerprint density at radius 1 is 1.64 bits per heavy atom. The van der Waals surface area contributed by atoms with Gasteiger partial charge in [0.2, 0.25) is 0 Å². The van der Waals surface area contributed by atoms with Gasteiger partial charge in [-0.05, 0) is 31.6 Å². The highest BCUT2D eigenvalue weighted by atomic mass is 16.5. The average molecular weight is 191 g/mol. The normalized spacial score (nSPS) is 10.4. The molecule has 0 aromatic carbocycles. The Labute approximate surface area is 83.4 Å². The van der Waals surface area contributed by atoms with Gasteiger partial charge in [-0.3, -0.25) is 4.98 Å². The summed E-state index contributed by atoms with van der Waals surface area (Å²) in [5.74, 6) is -0.336. The smallest absolute Gasteiger partial charge is 0.330 e. The van der Waals surface area contributed by atoms with Crippen LogP contribution in [0.3, 0.4) is 0 Å². The van der Waals surface area contributed by atoms with E-state index in [-0.39, 0.29) is 5.97 Å². The van der Waals surface area contributed by atoms with Gasteiger partial charge in [-0.2, -0.15) is 0 Å². The molecule has 0 N–H and O–H groups in total. The minimum Gasteiger partial charge on any atom is -0.463 e. The van der Waals surface area contributed by atoms with Crippen molar-refractivity contribution in [3.05, 3.63) is 35.7 Å². The van der Waals surface area contributed by atoms with Crippen molar-refractivity contribution in [3.63, 3.8) is 0 Å². The SMILES string of the molecule is CCOC(=O)/C=C/c1ncccc1C. The molecule has 0 bridgehead atoms. The summed E-state index contributed by atoms with van der Waals surface area (Å²) in [4.78, 5) is 15.1. The highest BCUT2D eigenvalue weighted by molar-refractivity contribution is 5.86. The number of aromatic nitrogens is 1. The van der Waals surface area contributed by atoms with Crippen LogP contribution in [0.1, 0.15) is 18.2 Å². The maximum absolute atomic E-state index is 11.0. The highest BCUT2D eigenvalue weighted by Crippen LogP contribution is 2.04. The number of carbonyl (C=O) groups excluding carboxylic acids is 1. The molecule has 1 rings (SSSR count). The maximum Gasteiger partial charge on any atom is 0.330 e. The van der Waals surface area contributed by atoms with Crippen molar-refractivity contribution in [2.24, 2.45) is 0 Å². The largest absolute Gasteiger partial charge is 0.463 e. The Hall–Kier alpha value is -1.64. The van der Waals surface area contributed by atoms with Crippen molar-refractivity contribution in [2.75, 3.05) is 6.61 Å². The molecule has 3 nitrogen and oxygen atoms in total. The first kappa shape index (κ1) is 10.4. The summed E-state index contributed by atoms with van der Waals surface area (Å²) >= 11 is 0. The van der Waals surface area contributed by atoms with E-state index in [9.17, 15) is 4.79 Å². The van der Waals surface area contributed by atoms with E-state index in [2.05, 4.69) is 4.98 Å². The van der Waals surface area contributed by atoms with E-state index in [0.29, 0.717) is 6.61 Å². The number of rotatable bonds is 3. The molecule has 1 aromatic rings. The Balaban J connectivity index is 2.69. The third-order valence-corrected chi connectivity index (χ3v) is 1.71. The molecule has 14 heavy (non-hydrogen) atoms. The van der Waals surface area contributed by atoms with E-state index >= 15 is 0 Å². The summed E-state index contributed by atoms with van der Waals surface area (Å²) in [6.07, 6.45) is 4.74. The molecular formula is C11H13NO2. The molecule has 0 saturated carbocycles. The topological polar surface area (TPSA) is 39.2 Å². The van der Waals surface area contributed by atoms with Crippen molar-refractivity contribution in [1.29, 1.82) is 0 Å². The van der Waals surface area contributed by atoms with Crippen LogP contribution in [0.5, 0.6) is 0 Å². The second-order valence-electron chi connectivity index (χ2n) is 2.79. The van der Waals surface area contributed by atoms with Gasteiger partial charge in [0.1, 0.15) is 0 Å². The molecular weight excluding hydrogens is 178 g/mol. The summed E-state index contributed by atoms with van der Waals surface area (Å²) in [6.45, 7) is 4.11. The summed E-state index contributed by atoms with van der Waals surface area (Å²) < 4.78 is 4.75. The average Bonchev–Trinajstić information content (AvgIpc) is 2.17. The third kappa shape index (κ3) is 3.01. The molecule has 3 heteroatoms. The third-order valence-electron chi connectivity index (χ3n) is 1.71. The van der Waals surface area contributed by atoms with Crippen LogP contribution in [-0.2, 0) is 9.53 Å². The molecule has 74 valence electrons. The van der Waals surface area contributed by atoms with Crippen LogP contribution < -0.4 is 0 Å². The lowest BCUT2D eigenvalue weighted by Gasteiger charge is -1.97. The monoisotopic (exact) mass is 191 g/mol. The lowest BCUT2D eigenvalue weighted by atomic mass is 10.2. The predicted octanol–water partition coefficient (Wildman–Crippen LogP) is 1.97. The van der Waals surface area contributed by atoms with Crippen LogP contribution in [0.25, 0.3) is 6.08 Å². The number of esters is 1. The minimum absolute atomic E-state index is 0.336. The lowest BCUT2D eigenvalue weighted by molar-refractivity contribution is -0.137. The molecule has 0 amide bonds. The summed E-state index contributed by atoms with van der Waals surface area (Å²) in [5, 5.41) is 0. The molecule has 0 spiro atoms. The zero-order chi connectivity index (χ0) is 10.4. The standard InChI is InChI=1S/C11H13NO2/c1-3-14-11(13)7-6-10-9(2)5-4-8-12-10/h4-8H,3H2,1-2H3/b7-6+. The van der Waals surface area contributed by atoms with Crippen LogP contribution in [0, 0.1) is 6.92 Å². The fraction of sp³-hybridized carbons (Fsp3) is 0.273. The van der Waals surface area contributed by atoms with Crippen molar-refractivity contribution in [1.82, 2.24) is 4.98 Å². The van der Waals surface area contributed by atoms with Gasteiger partial charge in [0.05, 0.1) is 12.3 Å². The summed E-state index contributed by atoms with van der Waals surface area (Å²) in [7, 11) is 0. The van der Waals surface area contributed by atoms with E-state index in [4.69, 9.17) is 4.74 Å². The first-order valence-electron chi connectivity index (χ1n) is 4.50. The molecule has 0 aliphatic rings. The molecule has 1 aromatic heterocycles. The van der Waals surface area contributed by atoms with E-state index in [0.717, 1.165) is 11.3 Å². The summed E-state index contributed by atoms with van der Waals surface area (Å²) in [6, 6.07) is 3.80. The molecule has 0 radical (unpaired) electrons. The van der Waals surface area contributed by atoms with Crippen LogP contribution in [0.4, 0.5) is 0 Å². The molecule has 0 saturated heterocycles. The van der Waals surface area contributed by atoms with E-state index in [1.54, 1.807) is 19.2 Å². The Bertz CT molecular complexity index is 345. The van der Waals surface area contributed by atoms with Crippen molar-refractivity contribution < 1.29 is 9.53 Å². The maximum atomic E-state index is 11.0. The van der Waals surface area contributed by atoms with Gasteiger partial charge in [0.15, 0.2) is 0 Å². The quantitative estimate of drug-likeness (QED) is 0.541. The zero-order valence-electron chi connectivity index (χ0n) is 8.36. The van der Waals surface area contributed by atoms with Crippen LogP contribution in [-0.4, -0.2) is 17.6 Å². The van der Waals surface area contributed by atoms with Crippen molar-refractivity contribution in [2.45, 2.75) is 13.8 Å². The molecule has 0 unspecified atom stereocenters. The van der Waals surface area contributed by atoms with Gasteiger partial charge >= 0.3 is 5.97 Å². The van der Waals surface area contributed by atoms with Gasteiger partial charge in [0, 0.05) is 12.3 Å². The number of pyridine rings is 1. The van der Waals surface area contributed by atoms with Gasteiger partial charge in [-0.25, -0.2) is 4.79 Å². The Morgan fingerprint density at radius 2 is 2.43 bits per heavy atom. The molecule has 1 heterocycles. The lowest BCUT2D eigenvalue weighted by Crippen LogP contribution is -1.99. The fourth-order valence-corrected chi connectivity index (χ4v) is 1.01. The number of carbonyl (C=O) groups is 1. The van der Waals surface area contributed by atoms with E-state index in [1.807, 2.05) is 19.1 Å². The first-order chi connectivity index (χ1) is 6.74. The second kappa shape index (κ2) is 5.17. The number of hydrogen-bond donors (Lipinski definition) is 0. The van der Waals surface area contributed by atoms with Crippen molar-refractivity contribution >= 4 is 12.0 Å². The number of hydrogen-bond acceptors (Lipinski definition) is 3. The minimum atomic E-state index is -0.336. The number of ether oxygens (including phenoxy) is 1. The van der Waals surface area contributed by atoms with Gasteiger partial charge in [-0.1, -0.05) is 6.07 Å². The molecule has 0 aliphatic heterocycles. The molecule has 0 atom stereocenters. The predicted molar refractivity (Wildman–Crippen MR) is 54.6 cm³/mol. The highest BCUT2D eigenvalue weighted by Gasteiger charge is 1.96. The van der Waals surface area contributed by atoms with Gasteiger partial charge in [-0.15, -0.1) is 0 Å².